The maximum Gasteiger partial charge on any atom is 0.296 e. The summed E-state index contributed by atoms with van der Waals surface area (Å²) in [6, 6.07) is 4.32. The highest BCUT2D eigenvalue weighted by atomic mass is 19.2. The van der Waals surface area contributed by atoms with Crippen LogP contribution in [0, 0.1) is 11.6 Å². The Balaban J connectivity index is 1.87. The molecule has 116 valence electrons. The number of carbonyl (C=O) groups is 2. The third-order valence-electron chi connectivity index (χ3n) is 2.96. The second-order valence-corrected chi connectivity index (χ2v) is 4.53. The summed E-state index contributed by atoms with van der Waals surface area (Å²) in [7, 11) is 0. The van der Waals surface area contributed by atoms with Crippen molar-refractivity contribution in [3.8, 4) is 0 Å². The van der Waals surface area contributed by atoms with Gasteiger partial charge in [-0.15, -0.1) is 0 Å². The average Bonchev–Trinajstić information content (AvgIpc) is 2.98. The van der Waals surface area contributed by atoms with E-state index < -0.39 is 17.5 Å². The van der Waals surface area contributed by atoms with Gasteiger partial charge < -0.3 is 4.52 Å². The monoisotopic (exact) mass is 310 g/mol. The quantitative estimate of drug-likeness (QED) is 0.485. The van der Waals surface area contributed by atoms with Crippen molar-refractivity contribution in [2.24, 2.45) is 0 Å². The lowest BCUT2D eigenvalue weighted by Gasteiger charge is -2.01. The van der Waals surface area contributed by atoms with Crippen LogP contribution in [0.2, 0.25) is 0 Å². The van der Waals surface area contributed by atoms with Crippen LogP contribution in [-0.4, -0.2) is 22.1 Å². The molecule has 0 saturated carbocycles. The van der Waals surface area contributed by atoms with E-state index in [1.165, 1.54) is 17.6 Å². The van der Waals surface area contributed by atoms with Crippen LogP contribution in [0.25, 0.3) is 0 Å². The standard InChI is InChI=1S/C14H12F2N2O4/c15-10-5-4-8(6-11(10)16)13(19)3-1-2-9-7-12(18-22-9)14(20)17-21/h4-7,21H,1-3H2,(H,17,20). The second kappa shape index (κ2) is 6.90. The Hall–Kier alpha value is -2.61. The van der Waals surface area contributed by atoms with Crippen LogP contribution in [0.5, 0.6) is 0 Å². The maximum absolute atomic E-state index is 13.0. The van der Waals surface area contributed by atoms with Crippen molar-refractivity contribution in [1.82, 2.24) is 10.6 Å². The molecule has 8 heteroatoms. The number of carbonyl (C=O) groups excluding carboxylic acids is 2. The number of rotatable bonds is 6. The van der Waals surface area contributed by atoms with Crippen molar-refractivity contribution in [1.29, 1.82) is 0 Å². The van der Waals surface area contributed by atoms with Crippen molar-refractivity contribution in [2.75, 3.05) is 0 Å². The zero-order valence-corrected chi connectivity index (χ0v) is 11.3. The number of halogens is 2. The summed E-state index contributed by atoms with van der Waals surface area (Å²) in [6.45, 7) is 0. The first kappa shape index (κ1) is 15.8. The molecule has 1 aromatic carbocycles. The normalized spacial score (nSPS) is 10.5. The number of benzene rings is 1. The number of hydrogen-bond donors (Lipinski definition) is 2. The van der Waals surface area contributed by atoms with Gasteiger partial charge in [-0.1, -0.05) is 5.16 Å². The summed E-state index contributed by atoms with van der Waals surface area (Å²) in [4.78, 5) is 22.9. The minimum atomic E-state index is -1.07. The summed E-state index contributed by atoms with van der Waals surface area (Å²) < 4.78 is 30.7. The molecule has 0 radical (unpaired) electrons. The Morgan fingerprint density at radius 2 is 2.00 bits per heavy atom. The SMILES string of the molecule is O=C(CCCc1cc(C(=O)NO)no1)c1ccc(F)c(F)c1. The van der Waals surface area contributed by atoms with Crippen molar-refractivity contribution in [2.45, 2.75) is 19.3 Å². The molecule has 0 aliphatic carbocycles. The molecule has 2 N–H and O–H groups in total. The maximum atomic E-state index is 13.0. The molecule has 2 rings (SSSR count). The number of aromatic nitrogens is 1. The molecule has 0 saturated heterocycles. The smallest absolute Gasteiger partial charge is 0.296 e. The van der Waals surface area contributed by atoms with Crippen molar-refractivity contribution in [3.63, 3.8) is 0 Å². The largest absolute Gasteiger partial charge is 0.361 e. The van der Waals surface area contributed by atoms with Crippen LogP contribution < -0.4 is 5.48 Å². The van der Waals surface area contributed by atoms with Gasteiger partial charge in [0.15, 0.2) is 23.1 Å². The van der Waals surface area contributed by atoms with Gasteiger partial charge >= 0.3 is 0 Å². The van der Waals surface area contributed by atoms with Gasteiger partial charge in [-0.3, -0.25) is 14.8 Å². The molecule has 0 fully saturated rings. The van der Waals surface area contributed by atoms with Gasteiger partial charge in [0.2, 0.25) is 0 Å². The molecular formula is C14H12F2N2O4. The van der Waals surface area contributed by atoms with E-state index in [0.717, 1.165) is 12.1 Å². The number of hydrogen-bond acceptors (Lipinski definition) is 5. The van der Waals surface area contributed by atoms with Gasteiger partial charge in [0, 0.05) is 24.5 Å². The van der Waals surface area contributed by atoms with Gasteiger partial charge in [0.1, 0.15) is 5.76 Å². The number of Topliss-reactive ketones (excluding diaryl/α,β-unsaturated/α-hetero) is 1. The zero-order valence-electron chi connectivity index (χ0n) is 11.3. The molecule has 0 spiro atoms. The number of ketones is 1. The molecule has 0 aliphatic rings. The van der Waals surface area contributed by atoms with Crippen LogP contribution in [0.3, 0.4) is 0 Å². The number of nitrogens with one attached hydrogen (secondary N) is 1. The molecule has 6 nitrogen and oxygen atoms in total. The van der Waals surface area contributed by atoms with Crippen molar-refractivity contribution in [3.05, 3.63) is 52.9 Å². The molecule has 22 heavy (non-hydrogen) atoms. The van der Waals surface area contributed by atoms with Crippen molar-refractivity contribution >= 4 is 11.7 Å². The van der Waals surface area contributed by atoms with Crippen LogP contribution in [0.1, 0.15) is 39.4 Å². The zero-order chi connectivity index (χ0) is 16.1. The van der Waals surface area contributed by atoms with Gasteiger partial charge in [0.05, 0.1) is 0 Å². The molecule has 1 aromatic heterocycles. The van der Waals surface area contributed by atoms with E-state index in [9.17, 15) is 18.4 Å². The Kier molecular flexibility index (Phi) is 4.95. The van der Waals surface area contributed by atoms with Gasteiger partial charge in [-0.25, -0.2) is 14.3 Å². The molecular weight excluding hydrogens is 298 g/mol. The lowest BCUT2D eigenvalue weighted by atomic mass is 10.0. The van der Waals surface area contributed by atoms with Crippen LogP contribution >= 0.6 is 0 Å². The topological polar surface area (TPSA) is 92.4 Å². The van der Waals surface area contributed by atoms with E-state index >= 15 is 0 Å². The lowest BCUT2D eigenvalue weighted by Crippen LogP contribution is -2.18. The molecule has 0 aliphatic heterocycles. The highest BCUT2D eigenvalue weighted by Crippen LogP contribution is 2.13. The van der Waals surface area contributed by atoms with Crippen LogP contribution in [0.4, 0.5) is 8.78 Å². The summed E-state index contributed by atoms with van der Waals surface area (Å²) in [5.74, 6) is -2.83. The summed E-state index contributed by atoms with van der Waals surface area (Å²) in [6.07, 6.45) is 0.821. The summed E-state index contributed by atoms with van der Waals surface area (Å²) in [5.41, 5.74) is 1.43. The molecule has 0 atom stereocenters. The lowest BCUT2D eigenvalue weighted by molar-refractivity contribution is 0.0696. The highest BCUT2D eigenvalue weighted by Gasteiger charge is 2.13. The highest BCUT2D eigenvalue weighted by molar-refractivity contribution is 5.96. The molecule has 1 heterocycles. The Morgan fingerprint density at radius 1 is 1.23 bits per heavy atom. The minimum Gasteiger partial charge on any atom is -0.361 e. The second-order valence-electron chi connectivity index (χ2n) is 4.53. The Bertz CT molecular complexity index is 700. The van der Waals surface area contributed by atoms with E-state index in [0.29, 0.717) is 18.6 Å². The molecule has 0 unspecified atom stereocenters. The predicted molar refractivity (Wildman–Crippen MR) is 69.4 cm³/mol. The molecule has 2 aromatic rings. The fraction of sp³-hybridized carbons (Fsp3) is 0.214. The van der Waals surface area contributed by atoms with E-state index in [2.05, 4.69) is 5.16 Å². The first-order valence-electron chi connectivity index (χ1n) is 6.39. The van der Waals surface area contributed by atoms with E-state index in [1.807, 2.05) is 0 Å². The van der Waals surface area contributed by atoms with Crippen LogP contribution in [0.15, 0.2) is 28.8 Å². The number of aryl methyl sites for hydroxylation is 1. The van der Waals surface area contributed by atoms with Gasteiger partial charge in [-0.05, 0) is 24.6 Å². The third kappa shape index (κ3) is 3.73. The van der Waals surface area contributed by atoms with E-state index in [4.69, 9.17) is 9.73 Å². The van der Waals surface area contributed by atoms with E-state index in [1.54, 1.807) is 0 Å². The fourth-order valence-corrected chi connectivity index (χ4v) is 1.83. The molecule has 1 amide bonds. The van der Waals surface area contributed by atoms with Crippen molar-refractivity contribution < 1.29 is 28.1 Å². The summed E-state index contributed by atoms with van der Waals surface area (Å²) >= 11 is 0. The first-order chi connectivity index (χ1) is 10.5. The predicted octanol–water partition coefficient (Wildman–Crippen LogP) is 2.28. The average molecular weight is 310 g/mol. The Labute approximate surface area is 123 Å². The number of amides is 1. The fourth-order valence-electron chi connectivity index (χ4n) is 1.83. The Morgan fingerprint density at radius 3 is 2.68 bits per heavy atom. The summed E-state index contributed by atoms with van der Waals surface area (Å²) in [5, 5.41) is 11.9. The third-order valence-corrected chi connectivity index (χ3v) is 2.96. The minimum absolute atomic E-state index is 0.0792. The number of hydroxylamine groups is 1. The van der Waals surface area contributed by atoms with Gasteiger partial charge in [-0.2, -0.15) is 0 Å². The first-order valence-corrected chi connectivity index (χ1v) is 6.39. The van der Waals surface area contributed by atoms with Crippen LogP contribution in [-0.2, 0) is 6.42 Å². The molecule has 0 bridgehead atoms. The number of nitrogens with zero attached hydrogens (tertiary/aromatic N) is 1. The van der Waals surface area contributed by atoms with Gasteiger partial charge in [0.25, 0.3) is 5.91 Å². The van der Waals surface area contributed by atoms with E-state index in [-0.39, 0.29) is 23.5 Å².